The topological polar surface area (TPSA) is 89.5 Å². The van der Waals surface area contributed by atoms with Crippen LogP contribution >= 0.6 is 11.3 Å². The Morgan fingerprint density at radius 1 is 0.947 bits per heavy atom. The number of ether oxygens (including phenoxy) is 2. The van der Waals surface area contributed by atoms with Gasteiger partial charge in [-0.3, -0.25) is 14.9 Å². The maximum absolute atomic E-state index is 13.2. The zero-order chi connectivity index (χ0) is 26.9. The fourth-order valence-corrected chi connectivity index (χ4v) is 4.38. The largest absolute Gasteiger partial charge is 0.488 e. The lowest BCUT2D eigenvalue weighted by Crippen LogP contribution is -2.19. The molecule has 0 fully saturated rings. The first-order chi connectivity index (χ1) is 18.4. The van der Waals surface area contributed by atoms with Gasteiger partial charge < -0.3 is 14.8 Å². The summed E-state index contributed by atoms with van der Waals surface area (Å²) >= 11 is 1.35. The molecule has 0 radical (unpaired) electrons. The van der Waals surface area contributed by atoms with Crippen molar-refractivity contribution < 1.29 is 23.5 Å². The summed E-state index contributed by atoms with van der Waals surface area (Å²) in [5, 5.41) is 7.99. The van der Waals surface area contributed by atoms with Gasteiger partial charge in [0.1, 0.15) is 17.7 Å². The van der Waals surface area contributed by atoms with Gasteiger partial charge in [0, 0.05) is 35.5 Å². The molecule has 1 aromatic heterocycles. The van der Waals surface area contributed by atoms with Crippen LogP contribution in [0, 0.1) is 5.82 Å². The molecule has 1 heterocycles. The van der Waals surface area contributed by atoms with Gasteiger partial charge in [-0.05, 0) is 85.5 Å². The van der Waals surface area contributed by atoms with Crippen LogP contribution < -0.4 is 15.4 Å². The number of carbonyl (C=O) groups is 2. The number of benzene rings is 3. The molecule has 3 aromatic carbocycles. The number of hydrogen-bond acceptors (Lipinski definition) is 6. The van der Waals surface area contributed by atoms with E-state index in [1.54, 1.807) is 30.8 Å². The molecule has 4 rings (SSSR count). The van der Waals surface area contributed by atoms with E-state index in [0.29, 0.717) is 47.1 Å². The van der Waals surface area contributed by atoms with E-state index in [-0.39, 0.29) is 17.9 Å². The number of aromatic nitrogens is 1. The lowest BCUT2D eigenvalue weighted by atomic mass is 10.0. The third kappa shape index (κ3) is 7.71. The molecule has 0 unspecified atom stereocenters. The second-order valence-corrected chi connectivity index (χ2v) is 9.60. The van der Waals surface area contributed by atoms with Gasteiger partial charge in [-0.2, -0.15) is 0 Å². The second-order valence-electron chi connectivity index (χ2n) is 8.70. The summed E-state index contributed by atoms with van der Waals surface area (Å²) in [6.45, 7) is 2.32. The molecule has 4 aromatic rings. The highest BCUT2D eigenvalue weighted by Gasteiger charge is 2.14. The summed E-state index contributed by atoms with van der Waals surface area (Å²) in [4.78, 5) is 29.5. The van der Waals surface area contributed by atoms with Crippen molar-refractivity contribution in [2.45, 2.75) is 25.9 Å². The van der Waals surface area contributed by atoms with E-state index in [4.69, 9.17) is 9.47 Å². The average Bonchev–Trinajstić information content (AvgIpc) is 3.41. The minimum absolute atomic E-state index is 0.188. The highest BCUT2D eigenvalue weighted by atomic mass is 32.1. The van der Waals surface area contributed by atoms with Crippen LogP contribution in [0.1, 0.15) is 38.8 Å². The summed E-state index contributed by atoms with van der Waals surface area (Å²) in [7, 11) is 1.61. The number of nitrogens with one attached hydrogen (secondary N) is 2. The predicted octanol–water partition coefficient (Wildman–Crippen LogP) is 5.99. The molecule has 9 heteroatoms. The first-order valence-electron chi connectivity index (χ1n) is 12.1. The van der Waals surface area contributed by atoms with E-state index in [0.717, 1.165) is 11.1 Å². The number of thiazole rings is 1. The Labute approximate surface area is 224 Å². The van der Waals surface area contributed by atoms with Crippen molar-refractivity contribution >= 4 is 34.0 Å². The SMILES string of the molecule is COC[C@H](C)Oc1cc(CCc2cccc(NC(=O)c3ccc(F)cc3)c2)cc(C(=O)Nc2nccs2)c1. The summed E-state index contributed by atoms with van der Waals surface area (Å²) in [5.74, 6) is -0.392. The van der Waals surface area contributed by atoms with Gasteiger partial charge >= 0.3 is 0 Å². The number of nitrogens with zero attached hydrogens (tertiary/aromatic N) is 1. The Morgan fingerprint density at radius 2 is 1.71 bits per heavy atom. The minimum Gasteiger partial charge on any atom is -0.488 e. The van der Waals surface area contributed by atoms with Crippen molar-refractivity contribution in [2.75, 3.05) is 24.4 Å². The average molecular weight is 534 g/mol. The zero-order valence-corrected chi connectivity index (χ0v) is 21.9. The lowest BCUT2D eigenvalue weighted by molar-refractivity contribution is 0.0916. The summed E-state index contributed by atoms with van der Waals surface area (Å²) in [6, 6.07) is 18.4. The minimum atomic E-state index is -0.394. The zero-order valence-electron chi connectivity index (χ0n) is 21.1. The van der Waals surface area contributed by atoms with E-state index < -0.39 is 5.82 Å². The molecule has 0 spiro atoms. The van der Waals surface area contributed by atoms with E-state index in [9.17, 15) is 14.0 Å². The molecular formula is C29H28FN3O4S. The molecule has 0 aliphatic heterocycles. The molecule has 38 heavy (non-hydrogen) atoms. The van der Waals surface area contributed by atoms with E-state index >= 15 is 0 Å². The molecule has 1 atom stereocenters. The number of amides is 2. The maximum Gasteiger partial charge on any atom is 0.257 e. The molecular weight excluding hydrogens is 505 g/mol. The van der Waals surface area contributed by atoms with Crippen LogP contribution in [0.2, 0.25) is 0 Å². The van der Waals surface area contributed by atoms with Crippen molar-refractivity contribution in [3.8, 4) is 5.75 Å². The van der Waals surface area contributed by atoms with Gasteiger partial charge in [0.2, 0.25) is 0 Å². The molecule has 0 saturated heterocycles. The van der Waals surface area contributed by atoms with E-state index in [1.807, 2.05) is 37.3 Å². The fraction of sp³-hybridized carbons (Fsp3) is 0.207. The van der Waals surface area contributed by atoms with Crippen LogP contribution in [0.25, 0.3) is 0 Å². The van der Waals surface area contributed by atoms with Crippen molar-refractivity contribution in [1.82, 2.24) is 4.98 Å². The lowest BCUT2D eigenvalue weighted by Gasteiger charge is -2.16. The molecule has 0 aliphatic rings. The van der Waals surface area contributed by atoms with Gasteiger partial charge in [0.25, 0.3) is 11.8 Å². The maximum atomic E-state index is 13.2. The van der Waals surface area contributed by atoms with Gasteiger partial charge in [-0.25, -0.2) is 9.37 Å². The Hall–Kier alpha value is -4.08. The van der Waals surface area contributed by atoms with Crippen molar-refractivity contribution in [3.05, 3.63) is 106 Å². The normalized spacial score (nSPS) is 11.6. The second kappa shape index (κ2) is 12.9. The number of anilines is 2. The smallest absolute Gasteiger partial charge is 0.257 e. The standard InChI is InChI=1S/C29H28FN3O4S/c1-19(18-36-2)37-26-16-21(14-23(17-26)28(35)33-29-31-12-13-38-29)7-6-20-4-3-5-25(15-20)32-27(34)22-8-10-24(30)11-9-22/h3-5,8-17,19H,6-7,18H2,1-2H3,(H,32,34)(H,31,33,35)/t19-/m0/s1. The molecule has 2 amide bonds. The van der Waals surface area contributed by atoms with Gasteiger partial charge in [0.05, 0.1) is 6.61 Å². The third-order valence-corrected chi connectivity index (χ3v) is 6.30. The van der Waals surface area contributed by atoms with Crippen LogP contribution in [0.5, 0.6) is 5.75 Å². The van der Waals surface area contributed by atoms with Gasteiger partial charge in [-0.1, -0.05) is 12.1 Å². The van der Waals surface area contributed by atoms with Crippen LogP contribution in [0.3, 0.4) is 0 Å². The number of carbonyl (C=O) groups excluding carboxylic acids is 2. The van der Waals surface area contributed by atoms with Crippen molar-refractivity contribution in [1.29, 1.82) is 0 Å². The van der Waals surface area contributed by atoms with Crippen LogP contribution in [0.4, 0.5) is 15.2 Å². The fourth-order valence-electron chi connectivity index (χ4n) is 3.86. The molecule has 0 bridgehead atoms. The van der Waals surface area contributed by atoms with Crippen molar-refractivity contribution in [2.24, 2.45) is 0 Å². The molecule has 7 nitrogen and oxygen atoms in total. The van der Waals surface area contributed by atoms with Gasteiger partial charge in [-0.15, -0.1) is 11.3 Å². The van der Waals surface area contributed by atoms with E-state index in [1.165, 1.54) is 35.6 Å². The van der Waals surface area contributed by atoms with Gasteiger partial charge in [0.15, 0.2) is 5.13 Å². The first kappa shape index (κ1) is 27.0. The molecule has 0 saturated carbocycles. The summed E-state index contributed by atoms with van der Waals surface area (Å²) in [5.41, 5.74) is 3.43. The molecule has 196 valence electrons. The Kier molecular flexibility index (Phi) is 9.18. The summed E-state index contributed by atoms with van der Waals surface area (Å²) in [6.07, 6.45) is 2.76. The number of hydrogen-bond donors (Lipinski definition) is 2. The Balaban J connectivity index is 1.47. The number of halogens is 1. The number of aryl methyl sites for hydroxylation is 2. The van der Waals surface area contributed by atoms with Crippen molar-refractivity contribution in [3.63, 3.8) is 0 Å². The van der Waals surface area contributed by atoms with E-state index in [2.05, 4.69) is 15.6 Å². The highest BCUT2D eigenvalue weighted by Crippen LogP contribution is 2.23. The summed E-state index contributed by atoms with van der Waals surface area (Å²) < 4.78 is 24.3. The highest BCUT2D eigenvalue weighted by molar-refractivity contribution is 7.13. The van der Waals surface area contributed by atoms with Crippen LogP contribution in [-0.2, 0) is 17.6 Å². The van der Waals surface area contributed by atoms with Crippen LogP contribution in [-0.4, -0.2) is 36.6 Å². The monoisotopic (exact) mass is 533 g/mol. The van der Waals surface area contributed by atoms with Crippen LogP contribution in [0.15, 0.2) is 78.3 Å². The number of rotatable bonds is 11. The Morgan fingerprint density at radius 3 is 2.45 bits per heavy atom. The quantitative estimate of drug-likeness (QED) is 0.247. The first-order valence-corrected chi connectivity index (χ1v) is 12.9. The Bertz CT molecular complexity index is 1380. The molecule has 2 N–H and O–H groups in total. The number of methoxy groups -OCH3 is 1. The third-order valence-electron chi connectivity index (χ3n) is 5.61. The molecule has 0 aliphatic carbocycles. The predicted molar refractivity (Wildman–Crippen MR) is 147 cm³/mol.